The topological polar surface area (TPSA) is 39.7 Å². The summed E-state index contributed by atoms with van der Waals surface area (Å²) in [5.41, 5.74) is 2.73. The molecule has 1 aromatic rings. The van der Waals surface area contributed by atoms with Crippen molar-refractivity contribution in [3.63, 3.8) is 0 Å². The molecule has 1 aromatic carbocycles. The second-order valence-electron chi connectivity index (χ2n) is 6.24. The van der Waals surface area contributed by atoms with Gasteiger partial charge in [-0.15, -0.1) is 0 Å². The first-order chi connectivity index (χ1) is 10.3. The minimum Gasteiger partial charge on any atom is -0.352 e. The van der Waals surface area contributed by atoms with Crippen LogP contribution in [0.4, 0.5) is 0 Å². The number of nitrogens with zero attached hydrogens (tertiary/aromatic N) is 2. The van der Waals surface area contributed by atoms with Crippen molar-refractivity contribution in [3.05, 3.63) is 35.4 Å². The predicted molar refractivity (Wildman–Crippen MR) is 87.3 cm³/mol. The summed E-state index contributed by atoms with van der Waals surface area (Å²) in [6, 6.07) is 9.44. The highest BCUT2D eigenvalue weighted by Gasteiger charge is 2.12. The molecule has 0 bridgehead atoms. The molecule has 2 N–H and O–H groups in total. The molecule has 2 heterocycles. The molecular formula is C17H26N4. The maximum absolute atomic E-state index is 4.41. The average molecular weight is 286 g/mol. The summed E-state index contributed by atoms with van der Waals surface area (Å²) >= 11 is 0. The smallest absolute Gasteiger partial charge is 0.191 e. The van der Waals surface area contributed by atoms with Crippen molar-refractivity contribution < 1.29 is 0 Å². The predicted octanol–water partition coefficient (Wildman–Crippen LogP) is 2.11. The van der Waals surface area contributed by atoms with Gasteiger partial charge in [0.1, 0.15) is 0 Å². The van der Waals surface area contributed by atoms with Crippen LogP contribution in [0, 0.1) is 0 Å². The number of nitrogens with one attached hydrogen (secondary N) is 2. The Balaban J connectivity index is 1.47. The highest BCUT2D eigenvalue weighted by atomic mass is 15.2. The van der Waals surface area contributed by atoms with Crippen LogP contribution in [0.25, 0.3) is 0 Å². The Morgan fingerprint density at radius 1 is 1.14 bits per heavy atom. The molecule has 0 saturated carbocycles. The Hall–Kier alpha value is -1.55. The molecule has 3 rings (SSSR count). The summed E-state index contributed by atoms with van der Waals surface area (Å²) in [5, 5.41) is 6.68. The van der Waals surface area contributed by atoms with Crippen LogP contribution >= 0.6 is 0 Å². The minimum absolute atomic E-state index is 0.458. The molecular weight excluding hydrogens is 260 g/mol. The molecule has 114 valence electrons. The quantitative estimate of drug-likeness (QED) is 0.890. The first-order valence-corrected chi connectivity index (χ1v) is 8.14. The zero-order valence-electron chi connectivity index (χ0n) is 12.9. The van der Waals surface area contributed by atoms with E-state index in [0.717, 1.165) is 25.6 Å². The molecule has 1 fully saturated rings. The lowest BCUT2D eigenvalue weighted by Gasteiger charge is -2.26. The van der Waals surface area contributed by atoms with E-state index in [9.17, 15) is 0 Å². The average Bonchev–Trinajstić information content (AvgIpc) is 2.93. The summed E-state index contributed by atoms with van der Waals surface area (Å²) in [4.78, 5) is 6.98. The lowest BCUT2D eigenvalue weighted by molar-refractivity contribution is 0.221. The summed E-state index contributed by atoms with van der Waals surface area (Å²) in [5.74, 6) is 0.930. The third-order valence-electron chi connectivity index (χ3n) is 4.24. The summed E-state index contributed by atoms with van der Waals surface area (Å²) in [7, 11) is 0. The van der Waals surface area contributed by atoms with Crippen LogP contribution in [0.15, 0.2) is 29.3 Å². The number of hydrogen-bond donors (Lipinski definition) is 2. The molecule has 4 nitrogen and oxygen atoms in total. The van der Waals surface area contributed by atoms with Gasteiger partial charge < -0.3 is 10.6 Å². The second-order valence-corrected chi connectivity index (χ2v) is 6.24. The van der Waals surface area contributed by atoms with Gasteiger partial charge in [0, 0.05) is 19.1 Å². The van der Waals surface area contributed by atoms with E-state index >= 15 is 0 Å². The van der Waals surface area contributed by atoms with E-state index in [4.69, 9.17) is 0 Å². The number of likely N-dealkylation sites (tertiary alicyclic amines) is 1. The summed E-state index contributed by atoms with van der Waals surface area (Å²) in [6.45, 7) is 7.46. The van der Waals surface area contributed by atoms with Gasteiger partial charge in [0.05, 0.1) is 6.54 Å². The Morgan fingerprint density at radius 2 is 1.86 bits per heavy atom. The molecule has 0 aromatic heterocycles. The maximum atomic E-state index is 4.41. The second kappa shape index (κ2) is 6.94. The van der Waals surface area contributed by atoms with E-state index in [2.05, 4.69) is 51.7 Å². The molecule has 0 aliphatic carbocycles. The maximum Gasteiger partial charge on any atom is 0.191 e. The standard InChI is InChI=1S/C17H26N4/c1-14-11-18-17(20-14)19-12-15-5-7-16(8-6-15)13-21-9-3-2-4-10-21/h5-8,14H,2-4,9-13H2,1H3,(H2,18,19,20). The molecule has 1 atom stereocenters. The Bertz CT molecular complexity index is 474. The normalized spacial score (nSPS) is 22.7. The molecule has 1 saturated heterocycles. The van der Waals surface area contributed by atoms with Crippen molar-refractivity contribution in [1.29, 1.82) is 0 Å². The number of rotatable bonds is 4. The SMILES string of the molecule is CC1CN=C(NCc2ccc(CN3CCCCC3)cc2)N1. The lowest BCUT2D eigenvalue weighted by Crippen LogP contribution is -2.37. The third-order valence-corrected chi connectivity index (χ3v) is 4.24. The molecule has 4 heteroatoms. The third kappa shape index (κ3) is 4.21. The van der Waals surface area contributed by atoms with Crippen LogP contribution in [0.5, 0.6) is 0 Å². The van der Waals surface area contributed by atoms with Gasteiger partial charge in [-0.25, -0.2) is 0 Å². The fraction of sp³-hybridized carbons (Fsp3) is 0.588. The molecule has 1 unspecified atom stereocenters. The molecule has 2 aliphatic rings. The summed E-state index contributed by atoms with van der Waals surface area (Å²) in [6.07, 6.45) is 4.11. The van der Waals surface area contributed by atoms with Crippen LogP contribution in [-0.2, 0) is 13.1 Å². The van der Waals surface area contributed by atoms with Gasteiger partial charge in [0.15, 0.2) is 5.96 Å². The Kier molecular flexibility index (Phi) is 4.76. The van der Waals surface area contributed by atoms with E-state index in [1.54, 1.807) is 0 Å². The van der Waals surface area contributed by atoms with E-state index in [1.807, 2.05) is 0 Å². The zero-order valence-corrected chi connectivity index (χ0v) is 12.9. The van der Waals surface area contributed by atoms with Crippen LogP contribution in [0.3, 0.4) is 0 Å². The fourth-order valence-corrected chi connectivity index (χ4v) is 2.98. The van der Waals surface area contributed by atoms with Gasteiger partial charge >= 0.3 is 0 Å². The van der Waals surface area contributed by atoms with E-state index in [1.165, 1.54) is 43.5 Å². The van der Waals surface area contributed by atoms with Gasteiger partial charge in [0.2, 0.25) is 0 Å². The van der Waals surface area contributed by atoms with Crippen LogP contribution in [0.2, 0.25) is 0 Å². The molecule has 0 amide bonds. The first kappa shape index (κ1) is 14.4. The summed E-state index contributed by atoms with van der Waals surface area (Å²) < 4.78 is 0. The number of aliphatic imine (C=N–C) groups is 1. The number of hydrogen-bond acceptors (Lipinski definition) is 4. The van der Waals surface area contributed by atoms with Gasteiger partial charge in [-0.05, 0) is 44.0 Å². The molecule has 0 spiro atoms. The number of piperidine rings is 1. The van der Waals surface area contributed by atoms with Crippen molar-refractivity contribution in [2.75, 3.05) is 19.6 Å². The van der Waals surface area contributed by atoms with Gasteiger partial charge in [-0.2, -0.15) is 0 Å². The van der Waals surface area contributed by atoms with Crippen molar-refractivity contribution >= 4 is 5.96 Å². The molecule has 2 aliphatic heterocycles. The first-order valence-electron chi connectivity index (χ1n) is 8.14. The van der Waals surface area contributed by atoms with Gasteiger partial charge in [0.25, 0.3) is 0 Å². The number of benzene rings is 1. The minimum atomic E-state index is 0.458. The van der Waals surface area contributed by atoms with E-state index in [-0.39, 0.29) is 0 Å². The van der Waals surface area contributed by atoms with Gasteiger partial charge in [-0.1, -0.05) is 30.7 Å². The number of guanidine groups is 1. The molecule has 21 heavy (non-hydrogen) atoms. The van der Waals surface area contributed by atoms with Gasteiger partial charge in [-0.3, -0.25) is 9.89 Å². The van der Waals surface area contributed by atoms with E-state index in [0.29, 0.717) is 6.04 Å². The van der Waals surface area contributed by atoms with Crippen molar-refractivity contribution in [2.45, 2.75) is 45.3 Å². The fourth-order valence-electron chi connectivity index (χ4n) is 2.98. The Morgan fingerprint density at radius 3 is 2.52 bits per heavy atom. The monoisotopic (exact) mass is 286 g/mol. The Labute approximate surface area is 127 Å². The van der Waals surface area contributed by atoms with Crippen molar-refractivity contribution in [1.82, 2.24) is 15.5 Å². The van der Waals surface area contributed by atoms with Crippen molar-refractivity contribution in [3.8, 4) is 0 Å². The molecule has 0 radical (unpaired) electrons. The van der Waals surface area contributed by atoms with Crippen LogP contribution < -0.4 is 10.6 Å². The van der Waals surface area contributed by atoms with Crippen molar-refractivity contribution in [2.24, 2.45) is 4.99 Å². The van der Waals surface area contributed by atoms with E-state index < -0.39 is 0 Å². The largest absolute Gasteiger partial charge is 0.352 e. The lowest BCUT2D eigenvalue weighted by atomic mass is 10.1. The van der Waals surface area contributed by atoms with Crippen LogP contribution in [0.1, 0.15) is 37.3 Å². The zero-order chi connectivity index (χ0) is 14.5. The highest BCUT2D eigenvalue weighted by molar-refractivity contribution is 5.81. The van der Waals surface area contributed by atoms with Crippen LogP contribution in [-0.4, -0.2) is 36.5 Å². The highest BCUT2D eigenvalue weighted by Crippen LogP contribution is 2.13.